The van der Waals surface area contributed by atoms with E-state index in [-0.39, 0.29) is 17.9 Å². The fourth-order valence-electron chi connectivity index (χ4n) is 2.89. The molecule has 1 atom stereocenters. The zero-order chi connectivity index (χ0) is 17.5. The molecule has 3 rings (SSSR count). The van der Waals surface area contributed by atoms with Crippen molar-refractivity contribution in [3.63, 3.8) is 0 Å². The van der Waals surface area contributed by atoms with Gasteiger partial charge in [-0.1, -0.05) is 24.3 Å². The van der Waals surface area contributed by atoms with Crippen LogP contribution in [0, 0.1) is 0 Å². The number of pyridine rings is 1. The molecular weight excluding hydrogens is 334 g/mol. The molecule has 1 aromatic heterocycles. The molecule has 0 bridgehead atoms. The summed E-state index contributed by atoms with van der Waals surface area (Å²) in [7, 11) is 0. The van der Waals surface area contributed by atoms with E-state index in [4.69, 9.17) is 0 Å². The standard InChI is InChI=1S/C19H21N3O2S/c23-18(14-25-13-16-9-4-5-11-20-16)22-12-6-10-17(22)19(24)21-15-7-2-1-3-8-15/h1-5,7-9,11,17H,6,10,12-14H2,(H,21,24). The van der Waals surface area contributed by atoms with E-state index in [9.17, 15) is 9.59 Å². The van der Waals surface area contributed by atoms with Crippen LogP contribution in [0.1, 0.15) is 18.5 Å². The summed E-state index contributed by atoms with van der Waals surface area (Å²) < 4.78 is 0. The number of anilines is 1. The number of hydrogen-bond donors (Lipinski definition) is 1. The highest BCUT2D eigenvalue weighted by Gasteiger charge is 2.33. The van der Waals surface area contributed by atoms with Crippen molar-refractivity contribution >= 4 is 29.3 Å². The van der Waals surface area contributed by atoms with Gasteiger partial charge in [0, 0.05) is 24.2 Å². The van der Waals surface area contributed by atoms with Gasteiger partial charge in [-0.3, -0.25) is 14.6 Å². The van der Waals surface area contributed by atoms with Gasteiger partial charge in [0.05, 0.1) is 11.4 Å². The highest BCUT2D eigenvalue weighted by atomic mass is 32.2. The number of amides is 2. The summed E-state index contributed by atoms with van der Waals surface area (Å²) in [5.74, 6) is 0.978. The first-order valence-electron chi connectivity index (χ1n) is 8.37. The summed E-state index contributed by atoms with van der Waals surface area (Å²) in [5, 5.41) is 2.90. The van der Waals surface area contributed by atoms with Gasteiger partial charge in [0.15, 0.2) is 0 Å². The van der Waals surface area contributed by atoms with Gasteiger partial charge < -0.3 is 10.2 Å². The number of carbonyl (C=O) groups excluding carboxylic acids is 2. The molecule has 1 aromatic carbocycles. The van der Waals surface area contributed by atoms with E-state index < -0.39 is 0 Å². The lowest BCUT2D eigenvalue weighted by Gasteiger charge is -2.24. The van der Waals surface area contributed by atoms with Crippen molar-refractivity contribution in [1.29, 1.82) is 0 Å². The molecule has 0 saturated carbocycles. The predicted octanol–water partition coefficient (Wildman–Crippen LogP) is 2.94. The molecule has 0 spiro atoms. The first-order chi connectivity index (χ1) is 12.2. The summed E-state index contributed by atoms with van der Waals surface area (Å²) in [6, 6.07) is 14.7. The van der Waals surface area contributed by atoms with Crippen LogP contribution in [0.2, 0.25) is 0 Å². The molecule has 1 N–H and O–H groups in total. The van der Waals surface area contributed by atoms with Gasteiger partial charge in [-0.05, 0) is 37.1 Å². The molecule has 2 aromatic rings. The van der Waals surface area contributed by atoms with Crippen LogP contribution >= 0.6 is 11.8 Å². The molecule has 6 heteroatoms. The van der Waals surface area contributed by atoms with E-state index in [1.165, 1.54) is 11.8 Å². The van der Waals surface area contributed by atoms with Crippen LogP contribution in [0.4, 0.5) is 5.69 Å². The maximum absolute atomic E-state index is 12.5. The molecule has 1 unspecified atom stereocenters. The SMILES string of the molecule is O=C(Nc1ccccc1)C1CCCN1C(=O)CSCc1ccccn1. The average molecular weight is 355 g/mol. The first-order valence-corrected chi connectivity index (χ1v) is 9.52. The molecule has 1 saturated heterocycles. The highest BCUT2D eigenvalue weighted by molar-refractivity contribution is 7.99. The van der Waals surface area contributed by atoms with Gasteiger partial charge in [0.1, 0.15) is 6.04 Å². The molecule has 2 heterocycles. The summed E-state index contributed by atoms with van der Waals surface area (Å²) in [5.41, 5.74) is 1.72. The third kappa shape index (κ3) is 4.82. The van der Waals surface area contributed by atoms with Crippen LogP contribution < -0.4 is 5.32 Å². The lowest BCUT2D eigenvalue weighted by molar-refractivity contribution is -0.134. The molecule has 0 aliphatic carbocycles. The summed E-state index contributed by atoms with van der Waals surface area (Å²) in [6.45, 7) is 0.649. The Morgan fingerprint density at radius 1 is 1.16 bits per heavy atom. The minimum Gasteiger partial charge on any atom is -0.330 e. The Hall–Kier alpha value is -2.34. The van der Waals surface area contributed by atoms with Crippen molar-refractivity contribution in [2.75, 3.05) is 17.6 Å². The number of likely N-dealkylation sites (tertiary alicyclic amines) is 1. The van der Waals surface area contributed by atoms with E-state index in [1.54, 1.807) is 11.1 Å². The summed E-state index contributed by atoms with van der Waals surface area (Å²) in [4.78, 5) is 31.0. The maximum Gasteiger partial charge on any atom is 0.247 e. The summed E-state index contributed by atoms with van der Waals surface area (Å²) in [6.07, 6.45) is 3.33. The Bertz CT molecular complexity index is 709. The fraction of sp³-hybridized carbons (Fsp3) is 0.316. The Morgan fingerprint density at radius 3 is 2.72 bits per heavy atom. The minimum absolute atomic E-state index is 0.0200. The number of rotatable bonds is 6. The topological polar surface area (TPSA) is 62.3 Å². The number of benzene rings is 1. The number of hydrogen-bond acceptors (Lipinski definition) is 4. The number of thioether (sulfide) groups is 1. The van der Waals surface area contributed by atoms with Crippen LogP contribution in [-0.2, 0) is 15.3 Å². The van der Waals surface area contributed by atoms with Gasteiger partial charge >= 0.3 is 0 Å². The normalized spacial score (nSPS) is 16.6. The molecule has 130 valence electrons. The minimum atomic E-state index is -0.372. The third-order valence-electron chi connectivity index (χ3n) is 4.12. The Kier molecular flexibility index (Phi) is 6.06. The van der Waals surface area contributed by atoms with Crippen LogP contribution in [0.3, 0.4) is 0 Å². The smallest absolute Gasteiger partial charge is 0.247 e. The van der Waals surface area contributed by atoms with E-state index in [1.807, 2.05) is 48.5 Å². The van der Waals surface area contributed by atoms with Gasteiger partial charge in [-0.15, -0.1) is 11.8 Å². The van der Waals surface area contributed by atoms with Gasteiger partial charge in [-0.25, -0.2) is 0 Å². The predicted molar refractivity (Wildman–Crippen MR) is 100 cm³/mol. The van der Waals surface area contributed by atoms with Crippen LogP contribution in [0.15, 0.2) is 54.7 Å². The van der Waals surface area contributed by atoms with E-state index >= 15 is 0 Å². The Balaban J connectivity index is 1.51. The summed E-state index contributed by atoms with van der Waals surface area (Å²) >= 11 is 1.53. The molecule has 1 aliphatic heterocycles. The number of nitrogens with zero attached hydrogens (tertiary/aromatic N) is 2. The largest absolute Gasteiger partial charge is 0.330 e. The number of carbonyl (C=O) groups is 2. The van der Waals surface area contributed by atoms with Crippen molar-refractivity contribution in [1.82, 2.24) is 9.88 Å². The monoisotopic (exact) mass is 355 g/mol. The lowest BCUT2D eigenvalue weighted by Crippen LogP contribution is -2.44. The van der Waals surface area contributed by atoms with Crippen LogP contribution in [0.25, 0.3) is 0 Å². The van der Waals surface area contributed by atoms with Gasteiger partial charge in [-0.2, -0.15) is 0 Å². The molecule has 1 fully saturated rings. The second kappa shape index (κ2) is 8.67. The van der Waals surface area contributed by atoms with E-state index in [0.29, 0.717) is 18.1 Å². The number of aromatic nitrogens is 1. The molecule has 2 amide bonds. The zero-order valence-electron chi connectivity index (χ0n) is 13.9. The zero-order valence-corrected chi connectivity index (χ0v) is 14.7. The molecule has 25 heavy (non-hydrogen) atoms. The van der Waals surface area contributed by atoms with Crippen molar-refractivity contribution in [2.45, 2.75) is 24.6 Å². The van der Waals surface area contributed by atoms with Crippen molar-refractivity contribution < 1.29 is 9.59 Å². The van der Waals surface area contributed by atoms with Gasteiger partial charge in [0.2, 0.25) is 11.8 Å². The average Bonchev–Trinajstić information content (AvgIpc) is 3.13. The fourth-order valence-corrected chi connectivity index (χ4v) is 3.72. The molecule has 0 radical (unpaired) electrons. The third-order valence-corrected chi connectivity index (χ3v) is 5.07. The van der Waals surface area contributed by atoms with E-state index in [2.05, 4.69) is 10.3 Å². The van der Waals surface area contributed by atoms with Crippen molar-refractivity contribution in [3.8, 4) is 0 Å². The number of nitrogens with one attached hydrogen (secondary N) is 1. The van der Waals surface area contributed by atoms with Crippen LogP contribution in [-0.4, -0.2) is 40.0 Å². The van der Waals surface area contributed by atoms with Crippen molar-refractivity contribution in [2.24, 2.45) is 0 Å². The van der Waals surface area contributed by atoms with Crippen LogP contribution in [0.5, 0.6) is 0 Å². The Morgan fingerprint density at radius 2 is 1.96 bits per heavy atom. The quantitative estimate of drug-likeness (QED) is 0.865. The Labute approximate surface area is 151 Å². The second-order valence-electron chi connectivity index (χ2n) is 5.91. The maximum atomic E-state index is 12.5. The molecule has 5 nitrogen and oxygen atoms in total. The highest BCUT2D eigenvalue weighted by Crippen LogP contribution is 2.21. The van der Waals surface area contributed by atoms with Gasteiger partial charge in [0.25, 0.3) is 0 Å². The lowest BCUT2D eigenvalue weighted by atomic mass is 10.2. The second-order valence-corrected chi connectivity index (χ2v) is 6.90. The molecular formula is C19H21N3O2S. The van der Waals surface area contributed by atoms with E-state index in [0.717, 1.165) is 24.2 Å². The molecule has 1 aliphatic rings. The first kappa shape index (κ1) is 17.5. The van der Waals surface area contributed by atoms with Crippen molar-refractivity contribution in [3.05, 3.63) is 60.4 Å². The number of para-hydroxylation sites is 1.